The van der Waals surface area contributed by atoms with Crippen molar-refractivity contribution in [3.63, 3.8) is 0 Å². The van der Waals surface area contributed by atoms with Crippen LogP contribution in [0.5, 0.6) is 0 Å². The van der Waals surface area contributed by atoms with Crippen LogP contribution in [0.2, 0.25) is 0 Å². The van der Waals surface area contributed by atoms with Crippen molar-refractivity contribution in [1.82, 2.24) is 9.78 Å². The monoisotopic (exact) mass is 311 g/mol. The Labute approximate surface area is 132 Å². The maximum atomic E-state index is 13.9. The molecule has 0 amide bonds. The molecule has 0 fully saturated rings. The maximum Gasteiger partial charge on any atom is 0.133 e. The minimum atomic E-state index is -0.280. The molecule has 1 aliphatic rings. The molecule has 5 heteroatoms. The summed E-state index contributed by atoms with van der Waals surface area (Å²) in [6, 6.07) is 13.0. The van der Waals surface area contributed by atoms with E-state index in [-0.39, 0.29) is 11.6 Å². The predicted octanol–water partition coefficient (Wildman–Crippen LogP) is 3.71. The third kappa shape index (κ3) is 2.48. The van der Waals surface area contributed by atoms with Gasteiger partial charge in [0.05, 0.1) is 11.4 Å². The summed E-state index contributed by atoms with van der Waals surface area (Å²) in [5, 5.41) is 7.95. The van der Waals surface area contributed by atoms with Gasteiger partial charge in [0.15, 0.2) is 0 Å². The van der Waals surface area contributed by atoms with Crippen LogP contribution in [0, 0.1) is 11.6 Å². The van der Waals surface area contributed by atoms with Crippen LogP contribution >= 0.6 is 0 Å². The fraction of sp³-hybridized carbons (Fsp3) is 0.167. The lowest BCUT2D eigenvalue weighted by atomic mass is 10.1. The smallest absolute Gasteiger partial charge is 0.133 e. The molecule has 1 aliphatic heterocycles. The van der Waals surface area contributed by atoms with Crippen molar-refractivity contribution < 1.29 is 8.78 Å². The van der Waals surface area contributed by atoms with E-state index in [1.165, 1.54) is 18.2 Å². The first-order valence-corrected chi connectivity index (χ1v) is 7.56. The third-order valence-electron chi connectivity index (χ3n) is 4.12. The van der Waals surface area contributed by atoms with Crippen molar-refractivity contribution in [2.75, 3.05) is 11.9 Å². The molecule has 0 radical (unpaired) electrons. The number of nitrogens with zero attached hydrogens (tertiary/aromatic N) is 2. The molecule has 116 valence electrons. The number of aromatic nitrogens is 2. The fourth-order valence-electron chi connectivity index (χ4n) is 2.98. The summed E-state index contributed by atoms with van der Waals surface area (Å²) in [4.78, 5) is 0. The van der Waals surface area contributed by atoms with E-state index < -0.39 is 0 Å². The van der Waals surface area contributed by atoms with Crippen molar-refractivity contribution in [3.05, 3.63) is 77.0 Å². The first kappa shape index (κ1) is 13.9. The Morgan fingerprint density at radius 3 is 2.61 bits per heavy atom. The van der Waals surface area contributed by atoms with Crippen LogP contribution in [-0.2, 0) is 12.8 Å². The van der Waals surface area contributed by atoms with Crippen molar-refractivity contribution in [2.24, 2.45) is 0 Å². The number of fused-ring (bicyclic) bond motifs is 1. The van der Waals surface area contributed by atoms with Gasteiger partial charge in [-0.15, -0.1) is 0 Å². The summed E-state index contributed by atoms with van der Waals surface area (Å²) in [6.07, 6.45) is 1.31. The molecule has 23 heavy (non-hydrogen) atoms. The van der Waals surface area contributed by atoms with E-state index in [0.717, 1.165) is 35.7 Å². The van der Waals surface area contributed by atoms with Crippen LogP contribution in [-0.4, -0.2) is 16.3 Å². The first-order chi connectivity index (χ1) is 11.2. The predicted molar refractivity (Wildman–Crippen MR) is 84.9 cm³/mol. The third-order valence-corrected chi connectivity index (χ3v) is 4.12. The quantitative estimate of drug-likeness (QED) is 0.799. The number of anilines is 1. The Morgan fingerprint density at radius 2 is 1.83 bits per heavy atom. The molecule has 0 saturated carbocycles. The van der Waals surface area contributed by atoms with Crippen LogP contribution in [0.25, 0.3) is 5.69 Å². The molecular weight excluding hydrogens is 296 g/mol. The molecule has 0 saturated heterocycles. The molecule has 0 unspecified atom stereocenters. The van der Waals surface area contributed by atoms with Gasteiger partial charge >= 0.3 is 0 Å². The number of hydrogen-bond donors (Lipinski definition) is 1. The van der Waals surface area contributed by atoms with Crippen LogP contribution < -0.4 is 5.32 Å². The zero-order valence-electron chi connectivity index (χ0n) is 12.4. The van der Waals surface area contributed by atoms with E-state index in [0.29, 0.717) is 12.0 Å². The second kappa shape index (κ2) is 5.50. The molecule has 1 aromatic heterocycles. The molecule has 3 aromatic rings. The minimum absolute atomic E-state index is 0.219. The topological polar surface area (TPSA) is 29.9 Å². The highest BCUT2D eigenvalue weighted by Crippen LogP contribution is 2.30. The Bertz CT molecular complexity index is 853. The SMILES string of the molecule is Fc1ccc(-n2nc(Cc3ccccc3F)c3c2NCC3)cc1. The second-order valence-corrected chi connectivity index (χ2v) is 5.61. The number of rotatable bonds is 3. The summed E-state index contributed by atoms with van der Waals surface area (Å²) in [6.45, 7) is 0.832. The van der Waals surface area contributed by atoms with Crippen LogP contribution in [0.3, 0.4) is 0 Å². The van der Waals surface area contributed by atoms with E-state index in [1.54, 1.807) is 28.9 Å². The fourth-order valence-corrected chi connectivity index (χ4v) is 2.98. The Morgan fingerprint density at radius 1 is 1.04 bits per heavy atom. The molecule has 4 rings (SSSR count). The van der Waals surface area contributed by atoms with Gasteiger partial charge in [-0.3, -0.25) is 0 Å². The summed E-state index contributed by atoms with van der Waals surface area (Å²) in [7, 11) is 0. The highest BCUT2D eigenvalue weighted by Gasteiger charge is 2.23. The van der Waals surface area contributed by atoms with Gasteiger partial charge in [-0.05, 0) is 42.3 Å². The maximum absolute atomic E-state index is 13.9. The van der Waals surface area contributed by atoms with Crippen LogP contribution in [0.1, 0.15) is 16.8 Å². The lowest BCUT2D eigenvalue weighted by molar-refractivity contribution is 0.612. The van der Waals surface area contributed by atoms with E-state index >= 15 is 0 Å². The number of benzene rings is 2. The molecule has 0 bridgehead atoms. The lowest BCUT2D eigenvalue weighted by Gasteiger charge is -2.06. The molecule has 1 N–H and O–H groups in total. The van der Waals surface area contributed by atoms with Gasteiger partial charge in [-0.1, -0.05) is 18.2 Å². The number of hydrogen-bond acceptors (Lipinski definition) is 2. The second-order valence-electron chi connectivity index (χ2n) is 5.61. The summed E-state index contributed by atoms with van der Waals surface area (Å²) in [5.74, 6) is 0.420. The van der Waals surface area contributed by atoms with Crippen molar-refractivity contribution >= 4 is 5.82 Å². The van der Waals surface area contributed by atoms with E-state index in [1.807, 2.05) is 6.07 Å². The summed E-state index contributed by atoms with van der Waals surface area (Å²) in [5.41, 5.74) is 3.39. The molecule has 3 nitrogen and oxygen atoms in total. The first-order valence-electron chi connectivity index (χ1n) is 7.56. The average Bonchev–Trinajstić information content (AvgIpc) is 3.14. The minimum Gasteiger partial charge on any atom is -0.369 e. The van der Waals surface area contributed by atoms with Crippen LogP contribution in [0.15, 0.2) is 48.5 Å². The van der Waals surface area contributed by atoms with Gasteiger partial charge in [0.1, 0.15) is 17.5 Å². The van der Waals surface area contributed by atoms with E-state index in [2.05, 4.69) is 10.4 Å². The molecule has 0 spiro atoms. The molecular formula is C18H15F2N3. The lowest BCUT2D eigenvalue weighted by Crippen LogP contribution is -2.05. The van der Waals surface area contributed by atoms with Crippen molar-refractivity contribution in [1.29, 1.82) is 0 Å². The Hall–Kier alpha value is -2.69. The number of nitrogens with one attached hydrogen (secondary N) is 1. The molecule has 0 aliphatic carbocycles. The van der Waals surface area contributed by atoms with Gasteiger partial charge in [-0.25, -0.2) is 13.5 Å². The molecule has 0 atom stereocenters. The zero-order chi connectivity index (χ0) is 15.8. The zero-order valence-corrected chi connectivity index (χ0v) is 12.4. The van der Waals surface area contributed by atoms with Crippen LogP contribution in [0.4, 0.5) is 14.6 Å². The van der Waals surface area contributed by atoms with Gasteiger partial charge in [0, 0.05) is 18.5 Å². The van der Waals surface area contributed by atoms with Gasteiger partial charge in [0.25, 0.3) is 0 Å². The highest BCUT2D eigenvalue weighted by atomic mass is 19.1. The van der Waals surface area contributed by atoms with E-state index in [9.17, 15) is 8.78 Å². The summed E-state index contributed by atoms with van der Waals surface area (Å²) < 4.78 is 28.8. The van der Waals surface area contributed by atoms with Gasteiger partial charge < -0.3 is 5.32 Å². The highest BCUT2D eigenvalue weighted by molar-refractivity contribution is 5.57. The average molecular weight is 311 g/mol. The van der Waals surface area contributed by atoms with Gasteiger partial charge in [0.2, 0.25) is 0 Å². The van der Waals surface area contributed by atoms with Crippen molar-refractivity contribution in [2.45, 2.75) is 12.8 Å². The standard InChI is InChI=1S/C18H15F2N3/c19-13-5-7-14(8-6-13)23-18-15(9-10-21-18)17(22-23)11-12-3-1-2-4-16(12)20/h1-8,21H,9-11H2. The Balaban J connectivity index is 1.76. The molecule has 2 heterocycles. The Kier molecular flexibility index (Phi) is 3.33. The molecule has 2 aromatic carbocycles. The normalized spacial score (nSPS) is 13.0. The largest absolute Gasteiger partial charge is 0.369 e. The summed E-state index contributed by atoms with van der Waals surface area (Å²) >= 11 is 0. The van der Waals surface area contributed by atoms with E-state index in [4.69, 9.17) is 0 Å². The number of halogens is 2. The van der Waals surface area contributed by atoms with Gasteiger partial charge in [-0.2, -0.15) is 5.10 Å². The van der Waals surface area contributed by atoms with Crippen molar-refractivity contribution in [3.8, 4) is 5.69 Å².